The maximum absolute atomic E-state index is 11.7. The van der Waals surface area contributed by atoms with Gasteiger partial charge in [0.15, 0.2) is 5.69 Å². The topological polar surface area (TPSA) is 76.1 Å². The van der Waals surface area contributed by atoms with Crippen LogP contribution >= 0.6 is 0 Å². The van der Waals surface area contributed by atoms with Gasteiger partial charge in [-0.05, 0) is 38.8 Å². The molecule has 104 valence electrons. The van der Waals surface area contributed by atoms with Crippen LogP contribution in [0.2, 0.25) is 0 Å². The largest absolute Gasteiger partial charge is 0.376 e. The fourth-order valence-corrected chi connectivity index (χ4v) is 1.91. The molecule has 1 unspecified atom stereocenters. The fraction of sp³-hybridized carbons (Fsp3) is 0.615. The monoisotopic (exact) mass is 264 g/mol. The second-order valence-corrected chi connectivity index (χ2v) is 4.95. The van der Waals surface area contributed by atoms with Crippen molar-refractivity contribution >= 4 is 11.7 Å². The van der Waals surface area contributed by atoms with Crippen molar-refractivity contribution in [2.75, 3.05) is 18.5 Å². The molecule has 6 nitrogen and oxygen atoms in total. The van der Waals surface area contributed by atoms with Gasteiger partial charge in [0.05, 0.1) is 6.10 Å². The molecule has 0 saturated carbocycles. The zero-order valence-electron chi connectivity index (χ0n) is 11.3. The van der Waals surface area contributed by atoms with Crippen LogP contribution in [0.4, 0.5) is 5.82 Å². The molecule has 1 atom stereocenters. The average molecular weight is 264 g/mol. The van der Waals surface area contributed by atoms with Crippen molar-refractivity contribution in [3.8, 4) is 0 Å². The Balaban J connectivity index is 1.85. The summed E-state index contributed by atoms with van der Waals surface area (Å²) in [6.07, 6.45) is 2.45. The highest BCUT2D eigenvalue weighted by atomic mass is 16.5. The van der Waals surface area contributed by atoms with Gasteiger partial charge in [-0.3, -0.25) is 4.79 Å². The van der Waals surface area contributed by atoms with E-state index in [1.807, 2.05) is 13.8 Å². The molecule has 0 bridgehead atoms. The number of hydrogen-bond donors (Lipinski definition) is 2. The number of ether oxygens (including phenoxy) is 1. The van der Waals surface area contributed by atoms with Crippen molar-refractivity contribution in [1.82, 2.24) is 15.5 Å². The maximum Gasteiger partial charge on any atom is 0.271 e. The number of carbonyl (C=O) groups is 1. The van der Waals surface area contributed by atoms with E-state index in [4.69, 9.17) is 4.74 Å². The van der Waals surface area contributed by atoms with Crippen LogP contribution in [0.15, 0.2) is 12.1 Å². The van der Waals surface area contributed by atoms with Crippen LogP contribution in [0.25, 0.3) is 0 Å². The molecular formula is C13H20N4O2. The highest BCUT2D eigenvalue weighted by Gasteiger charge is 2.15. The Hall–Kier alpha value is -1.69. The molecule has 1 aromatic heterocycles. The second-order valence-electron chi connectivity index (χ2n) is 4.95. The Morgan fingerprint density at radius 2 is 2.32 bits per heavy atom. The minimum Gasteiger partial charge on any atom is -0.376 e. The molecule has 0 aromatic carbocycles. The van der Waals surface area contributed by atoms with Gasteiger partial charge in [0.1, 0.15) is 5.82 Å². The van der Waals surface area contributed by atoms with Crippen LogP contribution < -0.4 is 10.6 Å². The zero-order valence-corrected chi connectivity index (χ0v) is 11.3. The van der Waals surface area contributed by atoms with Gasteiger partial charge in [0, 0.05) is 19.2 Å². The first-order chi connectivity index (χ1) is 9.15. The summed E-state index contributed by atoms with van der Waals surface area (Å²) in [5, 5.41) is 13.8. The Kier molecular flexibility index (Phi) is 4.68. The molecule has 1 fully saturated rings. The van der Waals surface area contributed by atoms with Gasteiger partial charge in [0.2, 0.25) is 0 Å². The lowest BCUT2D eigenvalue weighted by Gasteiger charge is -2.11. The lowest BCUT2D eigenvalue weighted by molar-refractivity contribution is 0.0937. The molecule has 6 heteroatoms. The fourth-order valence-electron chi connectivity index (χ4n) is 1.91. The van der Waals surface area contributed by atoms with Crippen molar-refractivity contribution < 1.29 is 9.53 Å². The normalized spacial score (nSPS) is 18.6. The predicted molar refractivity (Wildman–Crippen MR) is 72.1 cm³/mol. The lowest BCUT2D eigenvalue weighted by Crippen LogP contribution is -2.31. The number of amides is 1. The van der Waals surface area contributed by atoms with Crippen LogP contribution in [-0.4, -0.2) is 41.4 Å². The molecule has 1 aromatic rings. The smallest absolute Gasteiger partial charge is 0.271 e. The summed E-state index contributed by atoms with van der Waals surface area (Å²) in [4.78, 5) is 11.7. The molecule has 1 aliphatic heterocycles. The van der Waals surface area contributed by atoms with E-state index in [1.54, 1.807) is 12.1 Å². The van der Waals surface area contributed by atoms with Gasteiger partial charge >= 0.3 is 0 Å². The molecule has 1 aliphatic rings. The first-order valence-corrected chi connectivity index (χ1v) is 6.65. The Bertz CT molecular complexity index is 413. The van der Waals surface area contributed by atoms with Crippen molar-refractivity contribution in [3.05, 3.63) is 17.8 Å². The Morgan fingerprint density at radius 1 is 1.47 bits per heavy atom. The van der Waals surface area contributed by atoms with Crippen LogP contribution in [0, 0.1) is 0 Å². The highest BCUT2D eigenvalue weighted by Crippen LogP contribution is 2.12. The van der Waals surface area contributed by atoms with Crippen molar-refractivity contribution in [3.63, 3.8) is 0 Å². The molecule has 0 aliphatic carbocycles. The summed E-state index contributed by atoms with van der Waals surface area (Å²) in [6, 6.07) is 3.52. The van der Waals surface area contributed by atoms with Gasteiger partial charge in [-0.2, -0.15) is 0 Å². The molecule has 1 amide bonds. The number of nitrogens with zero attached hydrogens (tertiary/aromatic N) is 2. The third-order valence-electron chi connectivity index (χ3n) is 2.85. The Morgan fingerprint density at radius 3 is 2.89 bits per heavy atom. The number of nitrogens with one attached hydrogen (secondary N) is 2. The van der Waals surface area contributed by atoms with Gasteiger partial charge < -0.3 is 15.4 Å². The standard InChI is InChI=1S/C13H20N4O2/c1-9(2)15-13(18)11-5-6-12(17-16-11)14-8-10-4-3-7-19-10/h5-6,9-10H,3-4,7-8H2,1-2H3,(H,14,17)(H,15,18). The molecule has 2 heterocycles. The predicted octanol–water partition coefficient (Wildman–Crippen LogP) is 1.21. The van der Waals surface area contributed by atoms with E-state index in [2.05, 4.69) is 20.8 Å². The van der Waals surface area contributed by atoms with Crippen LogP contribution in [-0.2, 0) is 4.74 Å². The molecule has 2 rings (SSSR count). The number of carbonyl (C=O) groups excluding carboxylic acids is 1. The molecule has 0 spiro atoms. The summed E-state index contributed by atoms with van der Waals surface area (Å²) >= 11 is 0. The van der Waals surface area contributed by atoms with E-state index in [0.717, 1.165) is 26.0 Å². The van der Waals surface area contributed by atoms with Gasteiger partial charge in [0.25, 0.3) is 5.91 Å². The van der Waals surface area contributed by atoms with E-state index in [0.29, 0.717) is 11.5 Å². The lowest BCUT2D eigenvalue weighted by atomic mass is 10.2. The molecule has 0 radical (unpaired) electrons. The molecular weight excluding hydrogens is 244 g/mol. The molecule has 2 N–H and O–H groups in total. The van der Waals surface area contributed by atoms with Crippen LogP contribution in [0.3, 0.4) is 0 Å². The van der Waals surface area contributed by atoms with Crippen molar-refractivity contribution in [2.45, 2.75) is 38.8 Å². The molecule has 19 heavy (non-hydrogen) atoms. The summed E-state index contributed by atoms with van der Waals surface area (Å²) < 4.78 is 5.51. The minimum atomic E-state index is -0.201. The first kappa shape index (κ1) is 13.7. The van der Waals surface area contributed by atoms with Gasteiger partial charge in [-0.25, -0.2) is 0 Å². The summed E-state index contributed by atoms with van der Waals surface area (Å²) in [5.74, 6) is 0.463. The van der Waals surface area contributed by atoms with E-state index < -0.39 is 0 Å². The number of rotatable bonds is 5. The van der Waals surface area contributed by atoms with Crippen molar-refractivity contribution in [1.29, 1.82) is 0 Å². The average Bonchev–Trinajstić information content (AvgIpc) is 2.89. The number of anilines is 1. The van der Waals surface area contributed by atoms with Gasteiger partial charge in [-0.1, -0.05) is 0 Å². The molecule has 1 saturated heterocycles. The third kappa shape index (κ3) is 4.17. The first-order valence-electron chi connectivity index (χ1n) is 6.65. The third-order valence-corrected chi connectivity index (χ3v) is 2.85. The maximum atomic E-state index is 11.7. The summed E-state index contributed by atoms with van der Waals surface area (Å²) in [7, 11) is 0. The Labute approximate surface area is 112 Å². The van der Waals surface area contributed by atoms with E-state index in [-0.39, 0.29) is 18.1 Å². The van der Waals surface area contributed by atoms with E-state index in [9.17, 15) is 4.79 Å². The quantitative estimate of drug-likeness (QED) is 0.836. The SMILES string of the molecule is CC(C)NC(=O)c1ccc(NCC2CCCO2)nn1. The van der Waals surface area contributed by atoms with Gasteiger partial charge in [-0.15, -0.1) is 10.2 Å². The number of hydrogen-bond acceptors (Lipinski definition) is 5. The summed E-state index contributed by atoms with van der Waals surface area (Å²) in [6.45, 7) is 5.38. The number of aromatic nitrogens is 2. The van der Waals surface area contributed by atoms with Crippen molar-refractivity contribution in [2.24, 2.45) is 0 Å². The van der Waals surface area contributed by atoms with Crippen LogP contribution in [0.1, 0.15) is 37.2 Å². The summed E-state index contributed by atoms with van der Waals surface area (Å²) in [5.41, 5.74) is 0.330. The van der Waals surface area contributed by atoms with E-state index in [1.165, 1.54) is 0 Å². The van der Waals surface area contributed by atoms with E-state index >= 15 is 0 Å². The van der Waals surface area contributed by atoms with Crippen LogP contribution in [0.5, 0.6) is 0 Å². The zero-order chi connectivity index (χ0) is 13.7. The minimum absolute atomic E-state index is 0.0895. The second kappa shape index (κ2) is 6.47. The highest BCUT2D eigenvalue weighted by molar-refractivity contribution is 5.92.